The summed E-state index contributed by atoms with van der Waals surface area (Å²) in [5.74, 6) is 2.83. The number of para-hydroxylation sites is 1. The maximum Gasteiger partial charge on any atom is 0.294 e. The van der Waals surface area contributed by atoms with E-state index in [2.05, 4.69) is 89.6 Å². The van der Waals surface area contributed by atoms with E-state index in [0.29, 0.717) is 11.8 Å². The summed E-state index contributed by atoms with van der Waals surface area (Å²) in [5, 5.41) is 2.47. The summed E-state index contributed by atoms with van der Waals surface area (Å²) >= 11 is 0. The molecule has 1 aliphatic rings. The second-order valence-corrected chi connectivity index (χ2v) is 10.3. The lowest BCUT2D eigenvalue weighted by Crippen LogP contribution is -2.34. The Kier molecular flexibility index (Phi) is 4.96. The average molecular weight is 426 g/mol. The summed E-state index contributed by atoms with van der Waals surface area (Å²) in [6, 6.07) is 13.4. The molecule has 3 heteroatoms. The number of ether oxygens (including phenoxy) is 1. The van der Waals surface area contributed by atoms with Crippen molar-refractivity contribution in [1.29, 1.82) is 0 Å². The molecule has 0 amide bonds. The van der Waals surface area contributed by atoms with Gasteiger partial charge in [0.1, 0.15) is 18.3 Å². The fourth-order valence-electron chi connectivity index (χ4n) is 5.22. The van der Waals surface area contributed by atoms with Crippen LogP contribution in [0.2, 0.25) is 0 Å². The van der Waals surface area contributed by atoms with E-state index < -0.39 is 0 Å². The van der Waals surface area contributed by atoms with Crippen LogP contribution in [0.3, 0.4) is 0 Å². The predicted molar refractivity (Wildman–Crippen MR) is 132 cm³/mol. The summed E-state index contributed by atoms with van der Waals surface area (Å²) in [4.78, 5) is 5.13. The van der Waals surface area contributed by atoms with Crippen molar-refractivity contribution in [3.8, 4) is 22.9 Å². The van der Waals surface area contributed by atoms with Crippen LogP contribution in [0.4, 0.5) is 0 Å². The number of fused-ring (bicyclic) bond motifs is 3. The van der Waals surface area contributed by atoms with Gasteiger partial charge in [0.2, 0.25) is 5.52 Å². The SMILES string of the molecule is Cc1cc2cc(CC(C)C)cc3c2c(c1C)-c1c(nc2c(CC(C)C)cccc2[n+]1C)O3. The second-order valence-electron chi connectivity index (χ2n) is 10.3. The van der Waals surface area contributed by atoms with Gasteiger partial charge in [-0.05, 0) is 72.2 Å². The molecule has 0 saturated heterocycles. The van der Waals surface area contributed by atoms with E-state index in [9.17, 15) is 0 Å². The maximum absolute atomic E-state index is 6.58. The molecule has 0 unspecified atom stereocenters. The lowest BCUT2D eigenvalue weighted by atomic mass is 9.89. The molecule has 3 nitrogen and oxygen atoms in total. The zero-order chi connectivity index (χ0) is 22.7. The third-order valence-electron chi connectivity index (χ3n) is 6.71. The molecule has 0 radical (unpaired) electrons. The zero-order valence-corrected chi connectivity index (χ0v) is 20.3. The van der Waals surface area contributed by atoms with Gasteiger partial charge in [-0.25, -0.2) is 4.98 Å². The molecule has 32 heavy (non-hydrogen) atoms. The van der Waals surface area contributed by atoms with Gasteiger partial charge >= 0.3 is 0 Å². The van der Waals surface area contributed by atoms with E-state index in [4.69, 9.17) is 9.72 Å². The van der Waals surface area contributed by atoms with Crippen molar-refractivity contribution in [3.63, 3.8) is 0 Å². The minimum Gasteiger partial charge on any atom is -0.433 e. The lowest BCUT2D eigenvalue weighted by molar-refractivity contribution is -0.634. The summed E-state index contributed by atoms with van der Waals surface area (Å²) in [6.07, 6.45) is 2.05. The van der Waals surface area contributed by atoms with E-state index >= 15 is 0 Å². The van der Waals surface area contributed by atoms with Crippen LogP contribution in [0.1, 0.15) is 49.9 Å². The first kappa shape index (κ1) is 20.9. The second kappa shape index (κ2) is 7.58. The molecule has 5 rings (SSSR count). The molecule has 0 saturated carbocycles. The minimum atomic E-state index is 0.572. The van der Waals surface area contributed by atoms with Crippen molar-refractivity contribution in [1.82, 2.24) is 4.98 Å². The fraction of sp³-hybridized carbons (Fsp3) is 0.379. The van der Waals surface area contributed by atoms with E-state index in [0.717, 1.165) is 41.2 Å². The zero-order valence-electron chi connectivity index (χ0n) is 20.3. The van der Waals surface area contributed by atoms with Gasteiger partial charge in [-0.15, -0.1) is 0 Å². The van der Waals surface area contributed by atoms with Crippen LogP contribution in [-0.2, 0) is 19.9 Å². The Morgan fingerprint density at radius 3 is 2.44 bits per heavy atom. The third-order valence-corrected chi connectivity index (χ3v) is 6.71. The lowest BCUT2D eigenvalue weighted by Gasteiger charge is -2.23. The first-order chi connectivity index (χ1) is 15.2. The topological polar surface area (TPSA) is 26.0 Å². The van der Waals surface area contributed by atoms with Crippen LogP contribution in [0.25, 0.3) is 33.1 Å². The number of rotatable bonds is 4. The van der Waals surface area contributed by atoms with Gasteiger partial charge in [0.15, 0.2) is 0 Å². The van der Waals surface area contributed by atoms with E-state index in [-0.39, 0.29) is 0 Å². The van der Waals surface area contributed by atoms with Gasteiger partial charge in [0.05, 0.1) is 5.56 Å². The molecular formula is C29H33N2O+. The molecule has 0 aliphatic carbocycles. The van der Waals surface area contributed by atoms with Crippen LogP contribution in [0.5, 0.6) is 11.6 Å². The Bertz CT molecular complexity index is 1380. The number of benzene rings is 3. The highest BCUT2D eigenvalue weighted by Gasteiger charge is 2.33. The Balaban J connectivity index is 1.85. The largest absolute Gasteiger partial charge is 0.433 e. The van der Waals surface area contributed by atoms with Gasteiger partial charge in [-0.3, -0.25) is 0 Å². The smallest absolute Gasteiger partial charge is 0.294 e. The van der Waals surface area contributed by atoms with Crippen molar-refractivity contribution in [2.24, 2.45) is 18.9 Å². The molecule has 1 aliphatic heterocycles. The number of nitrogens with zero attached hydrogens (tertiary/aromatic N) is 2. The van der Waals surface area contributed by atoms with Gasteiger partial charge in [-0.2, -0.15) is 4.57 Å². The van der Waals surface area contributed by atoms with Crippen LogP contribution in [-0.4, -0.2) is 4.98 Å². The number of hydrogen-bond acceptors (Lipinski definition) is 2. The number of aryl methyl sites for hydroxylation is 2. The minimum absolute atomic E-state index is 0.572. The highest BCUT2D eigenvalue weighted by Crippen LogP contribution is 2.47. The van der Waals surface area contributed by atoms with Crippen molar-refractivity contribution < 1.29 is 9.30 Å². The monoisotopic (exact) mass is 425 g/mol. The summed E-state index contributed by atoms with van der Waals surface area (Å²) in [7, 11) is 2.15. The van der Waals surface area contributed by atoms with Crippen LogP contribution in [0.15, 0.2) is 36.4 Å². The molecule has 0 spiro atoms. The maximum atomic E-state index is 6.58. The highest BCUT2D eigenvalue weighted by molar-refractivity contribution is 6.05. The molecule has 2 heterocycles. The molecule has 1 aromatic heterocycles. The summed E-state index contributed by atoms with van der Waals surface area (Å²) < 4.78 is 8.87. The van der Waals surface area contributed by atoms with Crippen LogP contribution >= 0.6 is 0 Å². The van der Waals surface area contributed by atoms with Crippen molar-refractivity contribution >= 4 is 21.8 Å². The molecular weight excluding hydrogens is 392 g/mol. The van der Waals surface area contributed by atoms with Crippen LogP contribution < -0.4 is 9.30 Å². The molecule has 0 N–H and O–H groups in total. The van der Waals surface area contributed by atoms with Gasteiger partial charge in [-0.1, -0.05) is 52.0 Å². The van der Waals surface area contributed by atoms with Gasteiger partial charge in [0.25, 0.3) is 11.6 Å². The molecule has 0 atom stereocenters. The van der Waals surface area contributed by atoms with E-state index in [1.807, 2.05) is 0 Å². The summed E-state index contributed by atoms with van der Waals surface area (Å²) in [6.45, 7) is 13.5. The Morgan fingerprint density at radius 2 is 1.72 bits per heavy atom. The van der Waals surface area contributed by atoms with E-state index in [1.165, 1.54) is 38.6 Å². The number of aromatic nitrogens is 2. The first-order valence-corrected chi connectivity index (χ1v) is 11.8. The summed E-state index contributed by atoms with van der Waals surface area (Å²) in [5.41, 5.74) is 9.76. The molecule has 164 valence electrons. The molecule has 4 aromatic rings. The quantitative estimate of drug-likeness (QED) is 0.290. The van der Waals surface area contributed by atoms with Gasteiger partial charge < -0.3 is 4.74 Å². The molecule has 3 aromatic carbocycles. The fourth-order valence-corrected chi connectivity index (χ4v) is 5.22. The average Bonchev–Trinajstić information content (AvgIpc) is 2.71. The first-order valence-electron chi connectivity index (χ1n) is 11.8. The normalized spacial score (nSPS) is 12.7. The van der Waals surface area contributed by atoms with Crippen molar-refractivity contribution in [2.75, 3.05) is 0 Å². The third kappa shape index (κ3) is 3.26. The Labute approximate surface area is 191 Å². The highest BCUT2D eigenvalue weighted by atomic mass is 16.5. The Morgan fingerprint density at radius 1 is 0.969 bits per heavy atom. The molecule has 0 fully saturated rings. The van der Waals surface area contributed by atoms with Crippen molar-refractivity contribution in [3.05, 3.63) is 58.7 Å². The van der Waals surface area contributed by atoms with Crippen molar-refractivity contribution in [2.45, 2.75) is 54.4 Å². The molecule has 0 bridgehead atoms. The standard InChI is InChI=1S/C29H33N2O/c1-16(2)11-20-14-22-13-18(5)19(6)25-26(22)24(15-20)32-29-28(25)31(7)23-10-8-9-21(12-17(3)4)27(23)30-29/h8-10,13-17H,11-12H2,1-7H3/q+1. The number of hydrogen-bond donors (Lipinski definition) is 0. The van der Waals surface area contributed by atoms with Gasteiger partial charge in [0, 0.05) is 11.5 Å². The Hall–Kier alpha value is -2.94. The van der Waals surface area contributed by atoms with Crippen LogP contribution in [0, 0.1) is 25.7 Å². The van der Waals surface area contributed by atoms with E-state index in [1.54, 1.807) is 0 Å². The predicted octanol–water partition coefficient (Wildman–Crippen LogP) is 7.00.